The van der Waals surface area contributed by atoms with Gasteiger partial charge in [-0.3, -0.25) is 0 Å². The Bertz CT molecular complexity index is 441. The van der Waals surface area contributed by atoms with Gasteiger partial charge in [-0.1, -0.05) is 23.7 Å². The first-order valence-electron chi connectivity index (χ1n) is 4.24. The summed E-state index contributed by atoms with van der Waals surface area (Å²) in [5.41, 5.74) is 0.789. The molecular weight excluding hydrogens is 202 g/mol. The van der Waals surface area contributed by atoms with Crippen molar-refractivity contribution < 1.29 is 4.52 Å². The lowest BCUT2D eigenvalue weighted by molar-refractivity contribution is 0.423. The molecular formula is C9H8ClN3O. The Balaban J connectivity index is 2.39. The van der Waals surface area contributed by atoms with Crippen LogP contribution in [0.3, 0.4) is 0 Å². The summed E-state index contributed by atoms with van der Waals surface area (Å²) in [6.45, 7) is 1.97. The summed E-state index contributed by atoms with van der Waals surface area (Å²) in [6.07, 6.45) is 2.36. The molecule has 0 N–H and O–H groups in total. The fourth-order valence-corrected chi connectivity index (χ4v) is 1.22. The highest BCUT2D eigenvalue weighted by atomic mass is 35.5. The van der Waals surface area contributed by atoms with E-state index >= 15 is 0 Å². The van der Waals surface area contributed by atoms with Gasteiger partial charge in [0.25, 0.3) is 5.89 Å². The normalized spacial score (nSPS) is 10.4. The van der Waals surface area contributed by atoms with Crippen molar-refractivity contribution in [2.45, 2.75) is 13.3 Å². The van der Waals surface area contributed by atoms with Gasteiger partial charge in [-0.05, 0) is 12.1 Å². The lowest BCUT2D eigenvalue weighted by atomic mass is 10.3. The number of aromatic nitrogens is 3. The Morgan fingerprint density at radius 3 is 3.00 bits per heavy atom. The zero-order chi connectivity index (χ0) is 9.97. The summed E-state index contributed by atoms with van der Waals surface area (Å²) in [4.78, 5) is 8.04. The Morgan fingerprint density at radius 2 is 2.36 bits per heavy atom. The van der Waals surface area contributed by atoms with Crippen molar-refractivity contribution in [3.63, 3.8) is 0 Å². The Hall–Kier alpha value is -1.42. The fraction of sp³-hybridized carbons (Fsp3) is 0.222. The number of hydrogen-bond donors (Lipinski definition) is 0. The van der Waals surface area contributed by atoms with Crippen molar-refractivity contribution >= 4 is 11.6 Å². The molecule has 0 saturated carbocycles. The van der Waals surface area contributed by atoms with E-state index in [9.17, 15) is 0 Å². The van der Waals surface area contributed by atoms with Crippen molar-refractivity contribution in [1.82, 2.24) is 15.1 Å². The highest BCUT2D eigenvalue weighted by Crippen LogP contribution is 2.19. The number of halogens is 1. The third-order valence-electron chi connectivity index (χ3n) is 1.76. The molecule has 2 heterocycles. The molecule has 2 rings (SSSR count). The largest absolute Gasteiger partial charge is 0.334 e. The van der Waals surface area contributed by atoms with Crippen molar-refractivity contribution in [2.75, 3.05) is 0 Å². The topological polar surface area (TPSA) is 51.8 Å². The van der Waals surface area contributed by atoms with Crippen LogP contribution >= 0.6 is 11.6 Å². The zero-order valence-electron chi connectivity index (χ0n) is 7.57. The van der Waals surface area contributed by atoms with Crippen LogP contribution in [0.15, 0.2) is 22.9 Å². The Labute approximate surface area is 85.9 Å². The molecule has 5 heteroatoms. The van der Waals surface area contributed by atoms with E-state index in [2.05, 4.69) is 15.1 Å². The summed E-state index contributed by atoms with van der Waals surface area (Å²) >= 11 is 5.73. The second-order valence-corrected chi connectivity index (χ2v) is 3.12. The van der Waals surface area contributed by atoms with Crippen molar-refractivity contribution in [3.05, 3.63) is 29.3 Å². The second kappa shape index (κ2) is 3.75. The van der Waals surface area contributed by atoms with Gasteiger partial charge in [0, 0.05) is 18.2 Å². The van der Waals surface area contributed by atoms with Crippen molar-refractivity contribution in [3.8, 4) is 11.5 Å². The average Bonchev–Trinajstić information content (AvgIpc) is 2.66. The van der Waals surface area contributed by atoms with Crippen LogP contribution in [0.2, 0.25) is 5.15 Å². The zero-order valence-corrected chi connectivity index (χ0v) is 8.32. The van der Waals surface area contributed by atoms with Crippen LogP contribution < -0.4 is 0 Å². The van der Waals surface area contributed by atoms with Gasteiger partial charge >= 0.3 is 0 Å². The molecule has 4 nitrogen and oxygen atoms in total. The van der Waals surface area contributed by atoms with E-state index in [1.807, 2.05) is 6.92 Å². The third kappa shape index (κ3) is 1.75. The van der Waals surface area contributed by atoms with Gasteiger partial charge in [0.1, 0.15) is 5.15 Å². The summed E-state index contributed by atoms with van der Waals surface area (Å²) in [7, 11) is 0. The van der Waals surface area contributed by atoms with E-state index < -0.39 is 0 Å². The molecule has 0 unspecified atom stereocenters. The van der Waals surface area contributed by atoms with Gasteiger partial charge in [-0.25, -0.2) is 4.98 Å². The monoisotopic (exact) mass is 209 g/mol. The van der Waals surface area contributed by atoms with Gasteiger partial charge in [-0.2, -0.15) is 4.98 Å². The molecule has 2 aromatic heterocycles. The van der Waals surface area contributed by atoms with E-state index in [1.54, 1.807) is 18.3 Å². The maximum atomic E-state index is 5.73. The lowest BCUT2D eigenvalue weighted by Crippen LogP contribution is -1.83. The first-order valence-corrected chi connectivity index (χ1v) is 4.62. The van der Waals surface area contributed by atoms with Gasteiger partial charge in [-0.15, -0.1) is 0 Å². The van der Waals surface area contributed by atoms with E-state index in [4.69, 9.17) is 16.1 Å². The second-order valence-electron chi connectivity index (χ2n) is 2.74. The van der Waals surface area contributed by atoms with Gasteiger partial charge in [0.2, 0.25) is 0 Å². The van der Waals surface area contributed by atoms with Crippen molar-refractivity contribution in [2.24, 2.45) is 0 Å². The summed E-state index contributed by atoms with van der Waals surface area (Å²) in [5, 5.41) is 4.21. The fourth-order valence-electron chi connectivity index (χ4n) is 1.05. The van der Waals surface area contributed by atoms with E-state index in [0.717, 1.165) is 12.0 Å². The van der Waals surface area contributed by atoms with Crippen LogP contribution in [0.5, 0.6) is 0 Å². The summed E-state index contributed by atoms with van der Waals surface area (Å²) in [5.74, 6) is 1.17. The molecule has 2 aromatic rings. The first-order chi connectivity index (χ1) is 6.79. The standard InChI is InChI=1S/C9H8ClN3O/c1-2-8-12-9(14-13-8)6-3-4-11-7(10)5-6/h3-5H,2H2,1H3. The molecule has 72 valence electrons. The van der Waals surface area contributed by atoms with E-state index in [0.29, 0.717) is 16.9 Å². The molecule has 0 aliphatic heterocycles. The Kier molecular flexibility index (Phi) is 2.45. The number of aryl methyl sites for hydroxylation is 1. The average molecular weight is 210 g/mol. The SMILES string of the molecule is CCc1noc(-c2ccnc(Cl)c2)n1. The van der Waals surface area contributed by atoms with Crippen LogP contribution in [0, 0.1) is 0 Å². The lowest BCUT2D eigenvalue weighted by Gasteiger charge is -1.92. The molecule has 0 bridgehead atoms. The predicted molar refractivity (Wildman–Crippen MR) is 51.9 cm³/mol. The molecule has 0 aliphatic rings. The maximum Gasteiger partial charge on any atom is 0.258 e. The summed E-state index contributed by atoms with van der Waals surface area (Å²) in [6, 6.07) is 3.47. The number of pyridine rings is 1. The van der Waals surface area contributed by atoms with E-state index in [1.165, 1.54) is 0 Å². The molecule has 0 atom stereocenters. The molecule has 0 aromatic carbocycles. The molecule has 0 radical (unpaired) electrons. The first kappa shape index (κ1) is 9.15. The van der Waals surface area contributed by atoms with E-state index in [-0.39, 0.29) is 0 Å². The highest BCUT2D eigenvalue weighted by molar-refractivity contribution is 6.29. The van der Waals surface area contributed by atoms with Crippen LogP contribution in [-0.2, 0) is 6.42 Å². The molecule has 0 aliphatic carbocycles. The number of nitrogens with zero attached hydrogens (tertiary/aromatic N) is 3. The number of rotatable bonds is 2. The smallest absolute Gasteiger partial charge is 0.258 e. The van der Waals surface area contributed by atoms with Crippen LogP contribution in [0.1, 0.15) is 12.7 Å². The van der Waals surface area contributed by atoms with Crippen LogP contribution in [-0.4, -0.2) is 15.1 Å². The molecule has 0 fully saturated rings. The summed E-state index contributed by atoms with van der Waals surface area (Å²) < 4.78 is 5.05. The molecule has 14 heavy (non-hydrogen) atoms. The Morgan fingerprint density at radius 1 is 1.50 bits per heavy atom. The van der Waals surface area contributed by atoms with Gasteiger partial charge in [0.05, 0.1) is 0 Å². The minimum atomic E-state index is 0.416. The third-order valence-corrected chi connectivity index (χ3v) is 1.96. The predicted octanol–water partition coefficient (Wildman–Crippen LogP) is 2.35. The maximum absolute atomic E-state index is 5.73. The molecule has 0 saturated heterocycles. The van der Waals surface area contributed by atoms with Gasteiger partial charge < -0.3 is 4.52 Å². The van der Waals surface area contributed by atoms with Crippen molar-refractivity contribution in [1.29, 1.82) is 0 Å². The van der Waals surface area contributed by atoms with Crippen LogP contribution in [0.25, 0.3) is 11.5 Å². The minimum absolute atomic E-state index is 0.416. The molecule has 0 amide bonds. The highest BCUT2D eigenvalue weighted by Gasteiger charge is 2.07. The number of hydrogen-bond acceptors (Lipinski definition) is 4. The quantitative estimate of drug-likeness (QED) is 0.713. The van der Waals surface area contributed by atoms with Gasteiger partial charge in [0.15, 0.2) is 5.82 Å². The van der Waals surface area contributed by atoms with Crippen LogP contribution in [0.4, 0.5) is 0 Å². The molecule has 0 spiro atoms. The minimum Gasteiger partial charge on any atom is -0.334 e.